The number of aromatic amines is 1. The van der Waals surface area contributed by atoms with Crippen LogP contribution in [0.2, 0.25) is 0 Å². The topological polar surface area (TPSA) is 87.4 Å². The first kappa shape index (κ1) is 16.2. The average molecular weight is 359 g/mol. The molecule has 2 heterocycles. The summed E-state index contributed by atoms with van der Waals surface area (Å²) in [6.45, 7) is 1.92. The van der Waals surface area contributed by atoms with Gasteiger partial charge in [0, 0.05) is 12.1 Å². The molecule has 136 valence electrons. The molecule has 3 N–H and O–H groups in total. The summed E-state index contributed by atoms with van der Waals surface area (Å²) in [4.78, 5) is 20.7. The number of benzene rings is 1. The molecule has 1 aliphatic heterocycles. The Kier molecular flexibility index (Phi) is 3.62. The molecule has 0 radical (unpaired) electrons. The van der Waals surface area contributed by atoms with Gasteiger partial charge in [-0.2, -0.15) is 5.10 Å². The molecule has 0 saturated carbocycles. The Hall–Kier alpha value is -2.99. The van der Waals surface area contributed by atoms with Crippen molar-refractivity contribution in [1.82, 2.24) is 9.97 Å². The van der Waals surface area contributed by atoms with E-state index in [-0.39, 0.29) is 5.78 Å². The molecule has 4 unspecified atom stereocenters. The van der Waals surface area contributed by atoms with Gasteiger partial charge < -0.3 is 10.7 Å². The molecule has 0 amide bonds. The molecule has 6 heteroatoms. The second-order valence-corrected chi connectivity index (χ2v) is 7.42. The van der Waals surface area contributed by atoms with Crippen molar-refractivity contribution >= 4 is 28.7 Å². The van der Waals surface area contributed by atoms with Gasteiger partial charge in [0.15, 0.2) is 5.78 Å². The number of hydrazone groups is 1. The number of ketones is 1. The monoisotopic (exact) mass is 359 g/mol. The first-order chi connectivity index (χ1) is 13.1. The summed E-state index contributed by atoms with van der Waals surface area (Å²) in [6.07, 6.45) is 12.5. The molecule has 0 bridgehead atoms. The van der Waals surface area contributed by atoms with Crippen LogP contribution in [0.5, 0.6) is 0 Å². The largest absolute Gasteiger partial charge is 0.342 e. The van der Waals surface area contributed by atoms with Crippen LogP contribution in [-0.4, -0.2) is 28.1 Å². The van der Waals surface area contributed by atoms with Crippen molar-refractivity contribution in [2.24, 2.45) is 28.6 Å². The van der Waals surface area contributed by atoms with Gasteiger partial charge in [-0.3, -0.25) is 4.79 Å². The molecular formula is C21H21N5O. The van der Waals surface area contributed by atoms with Crippen LogP contribution in [0.4, 0.5) is 5.69 Å². The maximum Gasteiger partial charge on any atom is 0.170 e. The van der Waals surface area contributed by atoms with Crippen LogP contribution in [0.3, 0.4) is 0 Å². The van der Waals surface area contributed by atoms with Gasteiger partial charge in [0.25, 0.3) is 0 Å². The number of allylic oxidation sites excluding steroid dienone is 6. The van der Waals surface area contributed by atoms with Crippen molar-refractivity contribution in [2.45, 2.75) is 19.5 Å². The maximum absolute atomic E-state index is 13.1. The minimum Gasteiger partial charge on any atom is -0.342 e. The van der Waals surface area contributed by atoms with E-state index in [0.717, 1.165) is 34.5 Å². The number of carbonyl (C=O) groups is 1. The Bertz CT molecular complexity index is 1040. The number of aromatic nitrogens is 2. The zero-order valence-electron chi connectivity index (χ0n) is 15.0. The number of anilines is 1. The smallest absolute Gasteiger partial charge is 0.170 e. The predicted molar refractivity (Wildman–Crippen MR) is 106 cm³/mol. The Morgan fingerprint density at radius 2 is 2.15 bits per heavy atom. The summed E-state index contributed by atoms with van der Waals surface area (Å²) in [5.74, 6) is 1.24. The molecule has 2 aliphatic carbocycles. The number of aryl methyl sites for hydroxylation is 1. The zero-order valence-corrected chi connectivity index (χ0v) is 15.0. The number of Topliss-reactive ketones (excluding diaryl/α,β-unsaturated/α-hetero) is 1. The lowest BCUT2D eigenvalue weighted by Gasteiger charge is -2.23. The van der Waals surface area contributed by atoms with E-state index in [1.54, 1.807) is 11.2 Å². The van der Waals surface area contributed by atoms with Crippen molar-refractivity contribution in [3.05, 3.63) is 60.0 Å². The highest BCUT2D eigenvalue weighted by atomic mass is 16.1. The van der Waals surface area contributed by atoms with E-state index in [4.69, 9.17) is 5.73 Å². The minimum atomic E-state index is -0.506. The Morgan fingerprint density at radius 1 is 1.30 bits per heavy atom. The van der Waals surface area contributed by atoms with E-state index in [9.17, 15) is 4.79 Å². The van der Waals surface area contributed by atoms with Crippen molar-refractivity contribution in [1.29, 1.82) is 0 Å². The summed E-state index contributed by atoms with van der Waals surface area (Å²) in [6, 6.07) is 5.85. The SMILES string of the molecule is Cc1nc2ccc(N3N=CC(C(=O)C4=CC5C=CC=CC5C4)C3N)cc2[nH]1. The molecule has 6 nitrogen and oxygen atoms in total. The highest BCUT2D eigenvalue weighted by Crippen LogP contribution is 2.37. The average Bonchev–Trinajstić information content (AvgIpc) is 3.35. The molecule has 3 aliphatic rings. The van der Waals surface area contributed by atoms with Gasteiger partial charge in [0.2, 0.25) is 0 Å². The van der Waals surface area contributed by atoms with Crippen LogP contribution in [0, 0.1) is 24.7 Å². The van der Waals surface area contributed by atoms with E-state index in [1.807, 2.05) is 31.2 Å². The maximum atomic E-state index is 13.1. The standard InChI is InChI=1S/C21H21N5O/c1-12-24-18-7-6-16(10-19(18)25-12)26-21(22)17(11-23-26)20(27)15-8-13-4-2-3-5-14(13)9-15/h2-8,10-11,13-14,17,21H,9,22H2,1H3,(H,24,25). The highest BCUT2D eigenvalue weighted by molar-refractivity contribution is 6.08. The molecule has 5 rings (SSSR count). The van der Waals surface area contributed by atoms with Gasteiger partial charge in [-0.25, -0.2) is 9.99 Å². The fraction of sp³-hybridized carbons (Fsp3) is 0.286. The minimum absolute atomic E-state index is 0.0865. The molecule has 1 aromatic heterocycles. The van der Waals surface area contributed by atoms with Crippen LogP contribution in [0.15, 0.2) is 59.3 Å². The van der Waals surface area contributed by atoms with Crippen molar-refractivity contribution in [2.75, 3.05) is 5.01 Å². The van der Waals surface area contributed by atoms with E-state index in [2.05, 4.69) is 39.4 Å². The van der Waals surface area contributed by atoms with Crippen LogP contribution in [-0.2, 0) is 4.79 Å². The number of hydrogen-bond donors (Lipinski definition) is 2. The van der Waals surface area contributed by atoms with Crippen LogP contribution < -0.4 is 10.7 Å². The first-order valence-corrected chi connectivity index (χ1v) is 9.25. The lowest BCUT2D eigenvalue weighted by molar-refractivity contribution is -0.117. The van der Waals surface area contributed by atoms with Gasteiger partial charge in [0.05, 0.1) is 22.6 Å². The predicted octanol–water partition coefficient (Wildman–Crippen LogP) is 2.84. The number of nitrogens with zero attached hydrogens (tertiary/aromatic N) is 3. The second kappa shape index (κ2) is 6.03. The second-order valence-electron chi connectivity index (χ2n) is 7.42. The quantitative estimate of drug-likeness (QED) is 0.882. The van der Waals surface area contributed by atoms with Gasteiger partial charge in [-0.1, -0.05) is 30.4 Å². The van der Waals surface area contributed by atoms with E-state index in [1.165, 1.54) is 0 Å². The van der Waals surface area contributed by atoms with Gasteiger partial charge in [-0.05, 0) is 43.0 Å². The molecular weight excluding hydrogens is 338 g/mol. The summed E-state index contributed by atoms with van der Waals surface area (Å²) in [7, 11) is 0. The first-order valence-electron chi connectivity index (χ1n) is 9.25. The number of nitrogens with two attached hydrogens (primary N) is 1. The number of carbonyl (C=O) groups excluding carboxylic acids is 1. The number of imidazole rings is 1. The van der Waals surface area contributed by atoms with Crippen molar-refractivity contribution in [3.8, 4) is 0 Å². The molecule has 0 fully saturated rings. The Balaban J connectivity index is 1.37. The van der Waals surface area contributed by atoms with Gasteiger partial charge in [0.1, 0.15) is 12.0 Å². The third-order valence-electron chi connectivity index (χ3n) is 5.62. The highest BCUT2D eigenvalue weighted by Gasteiger charge is 2.38. The number of rotatable bonds is 3. The molecule has 0 spiro atoms. The van der Waals surface area contributed by atoms with Crippen molar-refractivity contribution in [3.63, 3.8) is 0 Å². The van der Waals surface area contributed by atoms with E-state index in [0.29, 0.717) is 11.8 Å². The van der Waals surface area contributed by atoms with Crippen LogP contribution >= 0.6 is 0 Å². The summed E-state index contributed by atoms with van der Waals surface area (Å²) < 4.78 is 0. The molecule has 1 aromatic carbocycles. The zero-order chi connectivity index (χ0) is 18.5. The number of fused-ring (bicyclic) bond motifs is 2. The van der Waals surface area contributed by atoms with Crippen molar-refractivity contribution < 1.29 is 4.79 Å². The van der Waals surface area contributed by atoms with Crippen LogP contribution in [0.25, 0.3) is 11.0 Å². The number of nitrogens with one attached hydrogen (secondary N) is 1. The summed E-state index contributed by atoms with van der Waals surface area (Å²) in [5.41, 5.74) is 9.98. The molecule has 27 heavy (non-hydrogen) atoms. The lowest BCUT2D eigenvalue weighted by atomic mass is 9.90. The fourth-order valence-electron chi connectivity index (χ4n) is 4.19. The van der Waals surface area contributed by atoms with Crippen LogP contribution in [0.1, 0.15) is 12.2 Å². The Labute approximate surface area is 157 Å². The third kappa shape index (κ3) is 2.64. The van der Waals surface area contributed by atoms with E-state index >= 15 is 0 Å². The van der Waals surface area contributed by atoms with E-state index < -0.39 is 12.1 Å². The third-order valence-corrected chi connectivity index (χ3v) is 5.62. The normalized spacial score (nSPS) is 28.8. The summed E-state index contributed by atoms with van der Waals surface area (Å²) >= 11 is 0. The Morgan fingerprint density at radius 3 is 3.00 bits per heavy atom. The number of H-pyrrole nitrogens is 1. The number of hydrogen-bond acceptors (Lipinski definition) is 5. The fourth-order valence-corrected chi connectivity index (χ4v) is 4.19. The lowest BCUT2D eigenvalue weighted by Crippen LogP contribution is -2.43. The van der Waals surface area contributed by atoms with Gasteiger partial charge in [-0.15, -0.1) is 0 Å². The summed E-state index contributed by atoms with van der Waals surface area (Å²) in [5, 5.41) is 6.16. The molecule has 2 aromatic rings. The molecule has 4 atom stereocenters. The molecule has 0 saturated heterocycles. The van der Waals surface area contributed by atoms with Gasteiger partial charge >= 0.3 is 0 Å².